The highest BCUT2D eigenvalue weighted by atomic mass is 14.5. The van der Waals surface area contributed by atoms with Gasteiger partial charge in [0, 0.05) is 0 Å². The molecule has 5 atom stereocenters. The Hall–Kier alpha value is 0. The molecule has 73 heavy (non-hydrogen) atoms. The second-order valence-corrected chi connectivity index (χ2v) is 30.5. The first-order valence-corrected chi connectivity index (χ1v) is 33.3. The predicted molar refractivity (Wildman–Crippen MR) is 351 cm³/mol. The largest absolute Gasteiger partial charge is 0.0683 e. The molecule has 6 aliphatic carbocycles. The van der Waals surface area contributed by atoms with E-state index in [0.29, 0.717) is 27.1 Å². The summed E-state index contributed by atoms with van der Waals surface area (Å²) >= 11 is 0. The van der Waals surface area contributed by atoms with Gasteiger partial charge < -0.3 is 0 Å². The molecule has 0 nitrogen and oxygen atoms in total. The predicted octanol–water partition coefficient (Wildman–Crippen LogP) is 27.9. The van der Waals surface area contributed by atoms with E-state index in [2.05, 4.69) is 215 Å². The Labute approximate surface area is 473 Å². The van der Waals surface area contributed by atoms with E-state index in [1.54, 1.807) is 0 Å². The lowest BCUT2D eigenvalue weighted by molar-refractivity contribution is 0.179. The summed E-state index contributed by atoms with van der Waals surface area (Å²) in [6.45, 7) is 78.7. The van der Waals surface area contributed by atoms with Gasteiger partial charge in [-0.1, -0.05) is 364 Å². The van der Waals surface area contributed by atoms with Crippen LogP contribution in [0.15, 0.2) is 0 Å². The van der Waals surface area contributed by atoms with Crippen LogP contribution in [0.25, 0.3) is 0 Å². The van der Waals surface area contributed by atoms with Gasteiger partial charge in [-0.25, -0.2) is 0 Å². The molecular weight excluding hydrogens is 877 g/mol. The third-order valence-corrected chi connectivity index (χ3v) is 17.1. The topological polar surface area (TPSA) is 0 Å². The van der Waals surface area contributed by atoms with Crippen molar-refractivity contribution >= 4 is 0 Å². The van der Waals surface area contributed by atoms with Crippen LogP contribution in [-0.4, -0.2) is 0 Å². The molecule has 0 aromatic rings. The third kappa shape index (κ3) is 62.7. The van der Waals surface area contributed by atoms with Crippen LogP contribution in [0.2, 0.25) is 0 Å². The fourth-order valence-corrected chi connectivity index (χ4v) is 9.02. The highest BCUT2D eigenvalue weighted by Gasteiger charge is 2.43. The van der Waals surface area contributed by atoms with Gasteiger partial charge in [0.2, 0.25) is 0 Å². The molecule has 3 unspecified atom stereocenters. The van der Waals surface area contributed by atoms with Crippen molar-refractivity contribution in [3.63, 3.8) is 0 Å². The van der Waals surface area contributed by atoms with Gasteiger partial charge in [0.15, 0.2) is 0 Å². The molecule has 0 amide bonds. The maximum absolute atomic E-state index is 2.40. The molecule has 6 aliphatic rings. The Morgan fingerprint density at radius 3 is 0.753 bits per heavy atom. The molecule has 0 radical (unpaired) electrons. The summed E-state index contributed by atoms with van der Waals surface area (Å²) in [7, 11) is 0. The van der Waals surface area contributed by atoms with Gasteiger partial charge in [-0.15, -0.1) is 0 Å². The second kappa shape index (κ2) is 50.2. The number of rotatable bonds is 1. The van der Waals surface area contributed by atoms with Crippen LogP contribution in [0.5, 0.6) is 0 Å². The lowest BCUT2D eigenvalue weighted by atomic mass is 9.74. The molecule has 0 N–H and O–H groups in total. The SMILES string of the molecule is CC.CC.CC(C)(C)C.CC(C)C.CC1C(C)(C)CCC1(C)C.CC1CCC(C)C1C.CC1CCCC1.CC1CCCCC1.CC1CCC[C@H]1C.CCC.CCC(C)(C)C.CCC(C)C.C[C@@H]1CCCC1(C)C. The van der Waals surface area contributed by atoms with Gasteiger partial charge in [0.25, 0.3) is 0 Å². The van der Waals surface area contributed by atoms with E-state index < -0.39 is 0 Å². The lowest BCUT2D eigenvalue weighted by Gasteiger charge is -2.31. The molecule has 0 aromatic carbocycles. The normalized spacial score (nSPS) is 25.3. The van der Waals surface area contributed by atoms with Crippen LogP contribution in [0, 0.1) is 92.2 Å². The van der Waals surface area contributed by atoms with E-state index in [4.69, 9.17) is 0 Å². The highest BCUT2D eigenvalue weighted by molar-refractivity contribution is 4.93. The van der Waals surface area contributed by atoms with Crippen molar-refractivity contribution in [2.75, 3.05) is 0 Å². The van der Waals surface area contributed by atoms with Gasteiger partial charge in [-0.3, -0.25) is 0 Å². The summed E-state index contributed by atoms with van der Waals surface area (Å²) in [6.07, 6.45) is 31.7. The van der Waals surface area contributed by atoms with Crippen LogP contribution < -0.4 is 0 Å². The van der Waals surface area contributed by atoms with E-state index in [1.807, 2.05) is 27.7 Å². The zero-order valence-electron chi connectivity index (χ0n) is 59.4. The maximum Gasteiger partial charge on any atom is -0.0323 e. The molecule has 452 valence electrons. The van der Waals surface area contributed by atoms with E-state index in [0.717, 1.165) is 65.1 Å². The van der Waals surface area contributed by atoms with Gasteiger partial charge >= 0.3 is 0 Å². The monoisotopic (exact) mass is 1040 g/mol. The fourth-order valence-electron chi connectivity index (χ4n) is 9.02. The smallest absolute Gasteiger partial charge is 0.0323 e. The fraction of sp³-hybridized carbons (Fsp3) is 1.00. The molecule has 0 aromatic heterocycles. The lowest BCUT2D eigenvalue weighted by Crippen LogP contribution is -2.24. The van der Waals surface area contributed by atoms with Crippen molar-refractivity contribution in [3.05, 3.63) is 0 Å². The Morgan fingerprint density at radius 2 is 0.671 bits per heavy atom. The molecule has 0 heteroatoms. The highest BCUT2D eigenvalue weighted by Crippen LogP contribution is 2.53. The van der Waals surface area contributed by atoms with Gasteiger partial charge in [0.1, 0.15) is 0 Å². The first-order chi connectivity index (χ1) is 33.3. The van der Waals surface area contributed by atoms with E-state index in [9.17, 15) is 0 Å². The second-order valence-electron chi connectivity index (χ2n) is 30.5. The maximum atomic E-state index is 2.40. The van der Waals surface area contributed by atoms with Crippen molar-refractivity contribution in [2.45, 2.75) is 384 Å². The van der Waals surface area contributed by atoms with Crippen molar-refractivity contribution in [1.82, 2.24) is 0 Å². The quantitative estimate of drug-likeness (QED) is 0.246. The number of hydrogen-bond acceptors (Lipinski definition) is 0. The van der Waals surface area contributed by atoms with Crippen molar-refractivity contribution in [1.29, 1.82) is 0 Å². The van der Waals surface area contributed by atoms with Crippen LogP contribution in [0.4, 0.5) is 0 Å². The molecule has 6 fully saturated rings. The Balaban J connectivity index is -0.000000132. The van der Waals surface area contributed by atoms with Crippen LogP contribution in [-0.2, 0) is 0 Å². The van der Waals surface area contributed by atoms with Crippen molar-refractivity contribution in [3.8, 4) is 0 Å². The Bertz CT molecular complexity index is 1000. The standard InChI is InChI=1S/C10H20.2C8H16.2C7H14.C6H12.C6H14.2C5H12.C4H10.C3H8.2C2H6/c1-8-9(2,3)6-7-10(8,4)5;1-7-5-4-6-8(7,2)3;1-6-4-5-7(2)8(6)3;1-6-4-3-5-7(6)2;1-7-5-3-2-4-6-7;1-6-4-2-3-5-6;1-5-6(2,3)4;1-5(2,3)4;1-4-5(2)3;1-4(2)3;1-3-2;2*1-2/h8H,6-7H2,1-5H3;7H,4-6H2,1-3H3;6-8H,4-5H2,1-3H3;6-7H,3-5H2,1-2H3;7H,2-6H2,1H3;6H,2-5H2,1H3;5H2,1-4H3;1-4H3;5H,4H2,1-3H3;4H,1-3H3;3H2,1-2H3;2*1-2H3/t;7-;;6-,7?;;;;;;;;;/m.1.1........./s1. The Kier molecular flexibility index (Phi) is 59.8. The van der Waals surface area contributed by atoms with Crippen LogP contribution in [0.1, 0.15) is 384 Å². The third-order valence-electron chi connectivity index (χ3n) is 17.1. The van der Waals surface area contributed by atoms with Crippen molar-refractivity contribution in [2.24, 2.45) is 92.2 Å². The molecule has 0 spiro atoms. The molecular formula is C73H160. The summed E-state index contributed by atoms with van der Waals surface area (Å²) in [6, 6.07) is 0. The van der Waals surface area contributed by atoms with E-state index in [1.165, 1.54) is 141 Å². The summed E-state index contributed by atoms with van der Waals surface area (Å²) in [5.41, 5.74) is 2.87. The zero-order chi connectivity index (χ0) is 59.4. The molecule has 0 heterocycles. The first-order valence-electron chi connectivity index (χ1n) is 33.3. The van der Waals surface area contributed by atoms with Crippen LogP contribution >= 0.6 is 0 Å². The number of hydrogen-bond donors (Lipinski definition) is 0. The minimum atomic E-state index is 0.500. The molecule has 0 aliphatic heterocycles. The average Bonchev–Trinajstić information content (AvgIpc) is 4.11. The minimum absolute atomic E-state index is 0.500. The van der Waals surface area contributed by atoms with Gasteiger partial charge in [-0.2, -0.15) is 0 Å². The van der Waals surface area contributed by atoms with Gasteiger partial charge in [0.05, 0.1) is 0 Å². The summed E-state index contributed by atoms with van der Waals surface area (Å²) in [5.74, 6) is 10.6. The molecule has 6 saturated carbocycles. The Morgan fingerprint density at radius 1 is 0.397 bits per heavy atom. The zero-order valence-corrected chi connectivity index (χ0v) is 59.4. The average molecular weight is 1040 g/mol. The summed E-state index contributed by atoms with van der Waals surface area (Å²) in [4.78, 5) is 0. The van der Waals surface area contributed by atoms with Gasteiger partial charge in [-0.05, 0) is 111 Å². The molecule has 6 rings (SSSR count). The van der Waals surface area contributed by atoms with Crippen LogP contribution in [0.3, 0.4) is 0 Å². The van der Waals surface area contributed by atoms with Crippen molar-refractivity contribution < 1.29 is 0 Å². The van der Waals surface area contributed by atoms with E-state index >= 15 is 0 Å². The first kappa shape index (κ1) is 86.9. The summed E-state index contributed by atoms with van der Waals surface area (Å²) < 4.78 is 0. The molecule has 0 bridgehead atoms. The summed E-state index contributed by atoms with van der Waals surface area (Å²) in [5, 5.41) is 0. The molecule has 0 saturated heterocycles. The minimum Gasteiger partial charge on any atom is -0.0683 e. The van der Waals surface area contributed by atoms with E-state index in [-0.39, 0.29) is 0 Å².